The first-order chi connectivity index (χ1) is 8.62. The Morgan fingerprint density at radius 3 is 2.89 bits per heavy atom. The van der Waals surface area contributed by atoms with Crippen molar-refractivity contribution in [1.82, 2.24) is 9.78 Å². The summed E-state index contributed by atoms with van der Waals surface area (Å²) in [5.41, 5.74) is 6.33. The minimum absolute atomic E-state index is 0.109. The van der Waals surface area contributed by atoms with E-state index < -0.39 is 0 Å². The number of aliphatic hydroxyl groups excluding tert-OH is 1. The molecule has 0 saturated heterocycles. The Hall–Kier alpha value is -0.920. The molecule has 2 rings (SSSR count). The van der Waals surface area contributed by atoms with Crippen molar-refractivity contribution in [2.45, 2.75) is 19.4 Å². The van der Waals surface area contributed by atoms with Gasteiger partial charge in [-0.2, -0.15) is 5.10 Å². The highest BCUT2D eigenvalue weighted by Gasteiger charge is 2.40. The highest BCUT2D eigenvalue weighted by atomic mass is 79.9. The van der Waals surface area contributed by atoms with E-state index in [-0.39, 0.29) is 24.1 Å². The minimum atomic E-state index is -0.244. The molecule has 1 aliphatic carbocycles. The third kappa shape index (κ3) is 2.73. The molecule has 0 aliphatic heterocycles. The van der Waals surface area contributed by atoms with E-state index >= 15 is 0 Å². The van der Waals surface area contributed by atoms with E-state index in [0.29, 0.717) is 16.7 Å². The maximum atomic E-state index is 11.9. The van der Waals surface area contributed by atoms with Crippen LogP contribution >= 0.6 is 15.9 Å². The van der Waals surface area contributed by atoms with Gasteiger partial charge in [0.25, 0.3) is 5.56 Å². The van der Waals surface area contributed by atoms with Gasteiger partial charge in [-0.05, 0) is 40.7 Å². The van der Waals surface area contributed by atoms with Crippen LogP contribution in [0.4, 0.5) is 5.69 Å². The first kappa shape index (κ1) is 13.5. The second kappa shape index (κ2) is 5.38. The topological polar surface area (TPSA) is 93.2 Å². The maximum Gasteiger partial charge on any atom is 0.283 e. The van der Waals surface area contributed by atoms with E-state index in [1.165, 1.54) is 4.68 Å². The van der Waals surface area contributed by atoms with Crippen LogP contribution < -0.4 is 16.6 Å². The highest BCUT2D eigenvalue weighted by Crippen LogP contribution is 2.44. The number of halogens is 1. The van der Waals surface area contributed by atoms with Crippen molar-refractivity contribution in [3.8, 4) is 0 Å². The Labute approximate surface area is 113 Å². The normalized spacial score (nSPS) is 16.6. The standard InChI is InChI=1S/C11H17BrN4O2/c12-9-8(14-7-11(6-13)1-2-11)5-15-16(3-4-17)10(9)18/h5,14,17H,1-4,6-7,13H2. The summed E-state index contributed by atoms with van der Waals surface area (Å²) in [4.78, 5) is 11.9. The summed E-state index contributed by atoms with van der Waals surface area (Å²) in [5.74, 6) is 0. The van der Waals surface area contributed by atoms with Gasteiger partial charge in [0, 0.05) is 6.54 Å². The van der Waals surface area contributed by atoms with Crippen LogP contribution in [0.5, 0.6) is 0 Å². The van der Waals surface area contributed by atoms with Crippen molar-refractivity contribution in [3.05, 3.63) is 21.0 Å². The summed E-state index contributed by atoms with van der Waals surface area (Å²) in [6.07, 6.45) is 3.85. The fourth-order valence-corrected chi connectivity index (χ4v) is 2.20. The second-order valence-corrected chi connectivity index (χ2v) is 5.47. The molecule has 7 heteroatoms. The number of aliphatic hydroxyl groups is 1. The zero-order chi connectivity index (χ0) is 13.2. The highest BCUT2D eigenvalue weighted by molar-refractivity contribution is 9.10. The van der Waals surface area contributed by atoms with Crippen LogP contribution in [-0.4, -0.2) is 34.6 Å². The third-order valence-corrected chi connectivity index (χ3v) is 4.11. The molecule has 1 aliphatic rings. The Kier molecular flexibility index (Phi) is 4.04. The molecule has 0 aromatic carbocycles. The van der Waals surface area contributed by atoms with Crippen LogP contribution in [0.2, 0.25) is 0 Å². The molecule has 1 aromatic heterocycles. The van der Waals surface area contributed by atoms with Crippen LogP contribution in [0, 0.1) is 5.41 Å². The number of anilines is 1. The number of hydrogen-bond donors (Lipinski definition) is 3. The van der Waals surface area contributed by atoms with Gasteiger partial charge in [0.15, 0.2) is 0 Å². The first-order valence-corrected chi connectivity index (χ1v) is 6.72. The quantitative estimate of drug-likeness (QED) is 0.694. The molecule has 1 fully saturated rings. The average Bonchev–Trinajstić information content (AvgIpc) is 3.15. The van der Waals surface area contributed by atoms with Crippen LogP contribution in [0.3, 0.4) is 0 Å². The van der Waals surface area contributed by atoms with E-state index in [1.54, 1.807) is 6.20 Å². The molecule has 0 atom stereocenters. The Morgan fingerprint density at radius 1 is 1.61 bits per heavy atom. The van der Waals surface area contributed by atoms with Gasteiger partial charge < -0.3 is 16.2 Å². The minimum Gasteiger partial charge on any atom is -0.394 e. The van der Waals surface area contributed by atoms with Gasteiger partial charge in [0.2, 0.25) is 0 Å². The van der Waals surface area contributed by atoms with Crippen molar-refractivity contribution in [2.75, 3.05) is 25.0 Å². The summed E-state index contributed by atoms with van der Waals surface area (Å²) in [6.45, 7) is 1.51. The second-order valence-electron chi connectivity index (χ2n) is 4.68. The van der Waals surface area contributed by atoms with Crippen molar-refractivity contribution in [1.29, 1.82) is 0 Å². The predicted octanol–water partition coefficient (Wildman–Crippen LogP) is 0.149. The van der Waals surface area contributed by atoms with E-state index in [2.05, 4.69) is 26.3 Å². The van der Waals surface area contributed by atoms with Gasteiger partial charge in [-0.15, -0.1) is 0 Å². The lowest BCUT2D eigenvalue weighted by molar-refractivity contribution is 0.266. The number of nitrogens with two attached hydrogens (primary N) is 1. The molecule has 0 amide bonds. The van der Waals surface area contributed by atoms with E-state index in [9.17, 15) is 4.79 Å². The van der Waals surface area contributed by atoms with Crippen molar-refractivity contribution >= 4 is 21.6 Å². The van der Waals surface area contributed by atoms with Gasteiger partial charge in [0.05, 0.1) is 25.0 Å². The van der Waals surface area contributed by atoms with Crippen molar-refractivity contribution in [2.24, 2.45) is 11.1 Å². The molecule has 0 radical (unpaired) electrons. The van der Waals surface area contributed by atoms with Crippen LogP contribution in [-0.2, 0) is 6.54 Å². The van der Waals surface area contributed by atoms with Crippen molar-refractivity contribution in [3.63, 3.8) is 0 Å². The molecule has 18 heavy (non-hydrogen) atoms. The third-order valence-electron chi connectivity index (χ3n) is 3.34. The monoisotopic (exact) mass is 316 g/mol. The number of nitrogens with one attached hydrogen (secondary N) is 1. The zero-order valence-electron chi connectivity index (χ0n) is 10.0. The van der Waals surface area contributed by atoms with Gasteiger partial charge in [-0.1, -0.05) is 0 Å². The summed E-state index contributed by atoms with van der Waals surface area (Å²) >= 11 is 3.26. The molecule has 0 bridgehead atoms. The lowest BCUT2D eigenvalue weighted by Gasteiger charge is -2.15. The largest absolute Gasteiger partial charge is 0.394 e. The Balaban J connectivity index is 2.10. The summed E-state index contributed by atoms with van der Waals surface area (Å²) in [6, 6.07) is 0. The molecular weight excluding hydrogens is 300 g/mol. The van der Waals surface area contributed by atoms with Gasteiger partial charge >= 0.3 is 0 Å². The molecule has 4 N–H and O–H groups in total. The molecule has 0 spiro atoms. The number of hydrogen-bond acceptors (Lipinski definition) is 5. The summed E-state index contributed by atoms with van der Waals surface area (Å²) in [5, 5.41) is 16.0. The molecule has 1 aromatic rings. The first-order valence-electron chi connectivity index (χ1n) is 5.92. The average molecular weight is 317 g/mol. The predicted molar refractivity (Wildman–Crippen MR) is 72.5 cm³/mol. The molecule has 100 valence electrons. The zero-order valence-corrected chi connectivity index (χ0v) is 11.6. The Bertz CT molecular complexity index is 484. The summed E-state index contributed by atoms with van der Waals surface area (Å²) < 4.78 is 1.67. The van der Waals surface area contributed by atoms with Gasteiger partial charge in [-0.3, -0.25) is 4.79 Å². The maximum absolute atomic E-state index is 11.9. The number of aromatic nitrogens is 2. The van der Waals surface area contributed by atoms with E-state index in [1.807, 2.05) is 0 Å². The smallest absolute Gasteiger partial charge is 0.283 e. The SMILES string of the molecule is NCC1(CNc2cnn(CCO)c(=O)c2Br)CC1. The van der Waals surface area contributed by atoms with Gasteiger partial charge in [-0.25, -0.2) is 4.68 Å². The van der Waals surface area contributed by atoms with Gasteiger partial charge in [0.1, 0.15) is 4.47 Å². The molecule has 1 saturated carbocycles. The van der Waals surface area contributed by atoms with Crippen LogP contribution in [0.15, 0.2) is 15.5 Å². The lowest BCUT2D eigenvalue weighted by atomic mass is 10.1. The fourth-order valence-electron chi connectivity index (χ4n) is 1.75. The molecule has 6 nitrogen and oxygen atoms in total. The lowest BCUT2D eigenvalue weighted by Crippen LogP contribution is -2.28. The number of nitrogens with zero attached hydrogens (tertiary/aromatic N) is 2. The fraction of sp³-hybridized carbons (Fsp3) is 0.636. The molecule has 1 heterocycles. The van der Waals surface area contributed by atoms with Crippen LogP contribution in [0.25, 0.3) is 0 Å². The van der Waals surface area contributed by atoms with Crippen LogP contribution in [0.1, 0.15) is 12.8 Å². The van der Waals surface area contributed by atoms with E-state index in [4.69, 9.17) is 10.8 Å². The van der Waals surface area contributed by atoms with E-state index in [0.717, 1.165) is 19.4 Å². The summed E-state index contributed by atoms with van der Waals surface area (Å²) in [7, 11) is 0. The molecular formula is C11H17BrN4O2. The molecule has 0 unspecified atom stereocenters. The Morgan fingerprint density at radius 2 is 2.33 bits per heavy atom. The van der Waals surface area contributed by atoms with Crippen molar-refractivity contribution < 1.29 is 5.11 Å². The number of rotatable bonds is 6.